The molecule has 1 aliphatic heterocycles. The normalized spacial score (nSPS) is 15.4. The Hall–Kier alpha value is -1.36. The van der Waals surface area contributed by atoms with Crippen molar-refractivity contribution in [1.82, 2.24) is 0 Å². The summed E-state index contributed by atoms with van der Waals surface area (Å²) in [7, 11) is 0. The van der Waals surface area contributed by atoms with Crippen LogP contribution >= 0.6 is 0 Å². The van der Waals surface area contributed by atoms with Crippen molar-refractivity contribution in [2.45, 2.75) is 96.5 Å². The van der Waals surface area contributed by atoms with Gasteiger partial charge < -0.3 is 14.2 Å². The minimum atomic E-state index is -0.548. The van der Waals surface area contributed by atoms with E-state index in [2.05, 4.69) is 13.5 Å². The van der Waals surface area contributed by atoms with E-state index < -0.39 is 11.9 Å². The number of carbonyl (C=O) groups is 2. The van der Waals surface area contributed by atoms with Crippen LogP contribution in [0.5, 0.6) is 0 Å². The summed E-state index contributed by atoms with van der Waals surface area (Å²) in [6.07, 6.45) is 15.2. The molecule has 5 heteroatoms. The molecule has 1 unspecified atom stereocenters. The molecule has 5 nitrogen and oxygen atoms in total. The molecule has 1 heterocycles. The van der Waals surface area contributed by atoms with Crippen molar-refractivity contribution in [3.63, 3.8) is 0 Å². The van der Waals surface area contributed by atoms with E-state index in [0.717, 1.165) is 12.8 Å². The molecule has 156 valence electrons. The summed E-state index contributed by atoms with van der Waals surface area (Å²) in [5.74, 6) is -0.962. The van der Waals surface area contributed by atoms with E-state index >= 15 is 0 Å². The zero-order valence-corrected chi connectivity index (χ0v) is 17.1. The third-order valence-electron chi connectivity index (χ3n) is 4.71. The summed E-state index contributed by atoms with van der Waals surface area (Å²) in [6, 6.07) is 0. The van der Waals surface area contributed by atoms with E-state index in [-0.39, 0.29) is 24.7 Å². The quantitative estimate of drug-likeness (QED) is 0.142. The number of esters is 2. The van der Waals surface area contributed by atoms with E-state index in [4.69, 9.17) is 14.2 Å². The molecule has 27 heavy (non-hydrogen) atoms. The molecular weight excluding hydrogens is 344 g/mol. The fourth-order valence-corrected chi connectivity index (χ4v) is 2.86. The number of ether oxygens (including phenoxy) is 3. The predicted molar refractivity (Wildman–Crippen MR) is 106 cm³/mol. The van der Waals surface area contributed by atoms with Gasteiger partial charge in [-0.2, -0.15) is 0 Å². The average molecular weight is 383 g/mol. The lowest BCUT2D eigenvalue weighted by atomic mass is 10.1. The number of carbonyl (C=O) groups excluding carboxylic acids is 2. The van der Waals surface area contributed by atoms with Crippen molar-refractivity contribution in [1.29, 1.82) is 0 Å². The molecule has 0 N–H and O–H groups in total. The maximum absolute atomic E-state index is 11.7. The molecule has 1 atom stereocenters. The molecular formula is C22H38O5. The van der Waals surface area contributed by atoms with Gasteiger partial charge in [0.25, 0.3) is 0 Å². The van der Waals surface area contributed by atoms with Crippen LogP contribution in [-0.2, 0) is 23.8 Å². The Morgan fingerprint density at radius 1 is 0.889 bits per heavy atom. The van der Waals surface area contributed by atoms with Gasteiger partial charge in [0.1, 0.15) is 12.7 Å². The molecule has 0 aromatic rings. The van der Waals surface area contributed by atoms with E-state index in [1.54, 1.807) is 0 Å². The molecule has 1 rings (SSSR count). The number of epoxide rings is 1. The summed E-state index contributed by atoms with van der Waals surface area (Å²) in [6.45, 7) is 7.11. The summed E-state index contributed by atoms with van der Waals surface area (Å²) in [5.41, 5.74) is 0.135. The molecule has 1 saturated heterocycles. The average Bonchev–Trinajstić information content (AvgIpc) is 3.48. The third kappa shape index (κ3) is 14.4. The van der Waals surface area contributed by atoms with E-state index in [1.807, 2.05) is 0 Å². The largest absolute Gasteiger partial charge is 0.465 e. The maximum atomic E-state index is 11.7. The van der Waals surface area contributed by atoms with Crippen LogP contribution in [0.25, 0.3) is 0 Å². The van der Waals surface area contributed by atoms with Crippen LogP contribution in [0, 0.1) is 0 Å². The van der Waals surface area contributed by atoms with Crippen LogP contribution in [-0.4, -0.2) is 37.9 Å². The van der Waals surface area contributed by atoms with Crippen molar-refractivity contribution < 1.29 is 23.8 Å². The Morgan fingerprint density at radius 2 is 1.41 bits per heavy atom. The van der Waals surface area contributed by atoms with Crippen molar-refractivity contribution in [3.05, 3.63) is 12.2 Å². The number of rotatable bonds is 18. The van der Waals surface area contributed by atoms with Crippen LogP contribution < -0.4 is 0 Å². The Balaban J connectivity index is 1.83. The van der Waals surface area contributed by atoms with Gasteiger partial charge in [0.15, 0.2) is 0 Å². The fourth-order valence-electron chi connectivity index (χ4n) is 2.86. The van der Waals surface area contributed by atoms with Crippen LogP contribution in [0.4, 0.5) is 0 Å². The van der Waals surface area contributed by atoms with Crippen LogP contribution in [0.1, 0.15) is 90.4 Å². The molecule has 0 spiro atoms. The number of hydrogen-bond acceptors (Lipinski definition) is 5. The van der Waals surface area contributed by atoms with E-state index in [0.29, 0.717) is 13.2 Å². The highest BCUT2D eigenvalue weighted by Gasteiger charge is 2.25. The second kappa shape index (κ2) is 15.7. The monoisotopic (exact) mass is 382 g/mol. The van der Waals surface area contributed by atoms with Gasteiger partial charge in [-0.05, 0) is 6.42 Å². The van der Waals surface area contributed by atoms with Crippen LogP contribution in [0.15, 0.2) is 12.2 Å². The standard InChI is InChI=1S/C22H38O5/c1-3-4-5-6-7-8-9-10-11-12-13-14-15-25-21(23)16-19(2)22(24)27-18-20-17-26-20/h20H,2-18H2,1H3. The first kappa shape index (κ1) is 23.7. The van der Waals surface area contributed by atoms with Crippen LogP contribution in [0.3, 0.4) is 0 Å². The second-order valence-electron chi connectivity index (χ2n) is 7.44. The van der Waals surface area contributed by atoms with Crippen molar-refractivity contribution >= 4 is 11.9 Å². The Labute approximate surface area is 164 Å². The first-order chi connectivity index (χ1) is 13.1. The van der Waals surface area contributed by atoms with Crippen LogP contribution in [0.2, 0.25) is 0 Å². The van der Waals surface area contributed by atoms with E-state index in [1.165, 1.54) is 64.2 Å². The number of hydrogen-bond donors (Lipinski definition) is 0. The lowest BCUT2D eigenvalue weighted by Crippen LogP contribution is -2.15. The SMILES string of the molecule is C=C(CC(=O)OCCCCCCCCCCCCCC)C(=O)OCC1CO1. The smallest absolute Gasteiger partial charge is 0.334 e. The van der Waals surface area contributed by atoms with Gasteiger partial charge in [0.2, 0.25) is 0 Å². The summed E-state index contributed by atoms with van der Waals surface area (Å²) in [5, 5.41) is 0. The Bertz CT molecular complexity index is 428. The topological polar surface area (TPSA) is 65.1 Å². The maximum Gasteiger partial charge on any atom is 0.334 e. The van der Waals surface area contributed by atoms with Gasteiger partial charge in [-0.25, -0.2) is 4.79 Å². The molecule has 1 aliphatic rings. The highest BCUT2D eigenvalue weighted by atomic mass is 16.6. The second-order valence-corrected chi connectivity index (χ2v) is 7.44. The molecule has 0 aliphatic carbocycles. The number of unbranched alkanes of at least 4 members (excludes halogenated alkanes) is 11. The zero-order chi connectivity index (χ0) is 19.7. The van der Waals surface area contributed by atoms with Gasteiger partial charge in [0.05, 0.1) is 19.6 Å². The first-order valence-corrected chi connectivity index (χ1v) is 10.8. The molecule has 0 aromatic heterocycles. The van der Waals surface area contributed by atoms with Crippen molar-refractivity contribution in [2.75, 3.05) is 19.8 Å². The molecule has 0 bridgehead atoms. The van der Waals surface area contributed by atoms with Crippen molar-refractivity contribution in [2.24, 2.45) is 0 Å². The zero-order valence-electron chi connectivity index (χ0n) is 17.1. The van der Waals surface area contributed by atoms with Gasteiger partial charge >= 0.3 is 11.9 Å². The highest BCUT2D eigenvalue weighted by molar-refractivity contribution is 5.93. The molecule has 0 aromatic carbocycles. The lowest BCUT2D eigenvalue weighted by Gasteiger charge is -2.07. The predicted octanol–water partition coefficient (Wildman–Crippen LogP) is 5.12. The molecule has 1 fully saturated rings. The summed E-state index contributed by atoms with van der Waals surface area (Å²) >= 11 is 0. The summed E-state index contributed by atoms with van der Waals surface area (Å²) < 4.78 is 15.1. The molecule has 0 saturated carbocycles. The van der Waals surface area contributed by atoms with Gasteiger partial charge in [0, 0.05) is 5.57 Å². The Morgan fingerprint density at radius 3 is 1.93 bits per heavy atom. The Kier molecular flexibility index (Phi) is 13.7. The minimum absolute atomic E-state index is 0.0134. The van der Waals surface area contributed by atoms with E-state index in [9.17, 15) is 9.59 Å². The molecule has 0 amide bonds. The lowest BCUT2D eigenvalue weighted by molar-refractivity contribution is -0.146. The third-order valence-corrected chi connectivity index (χ3v) is 4.71. The fraction of sp³-hybridized carbons (Fsp3) is 0.818. The highest BCUT2D eigenvalue weighted by Crippen LogP contribution is 2.13. The van der Waals surface area contributed by atoms with Crippen molar-refractivity contribution in [3.8, 4) is 0 Å². The van der Waals surface area contributed by atoms with Gasteiger partial charge in [-0.1, -0.05) is 84.1 Å². The minimum Gasteiger partial charge on any atom is -0.465 e. The first-order valence-electron chi connectivity index (χ1n) is 10.8. The summed E-state index contributed by atoms with van der Waals surface area (Å²) in [4.78, 5) is 23.3. The van der Waals surface area contributed by atoms with Gasteiger partial charge in [-0.15, -0.1) is 0 Å². The van der Waals surface area contributed by atoms with Gasteiger partial charge in [-0.3, -0.25) is 4.79 Å². The molecule has 0 radical (unpaired) electrons.